The average molecular weight is 308 g/mol. The second-order valence-electron chi connectivity index (χ2n) is 3.96. The van der Waals surface area contributed by atoms with Gasteiger partial charge in [-0.25, -0.2) is 0 Å². The number of non-ortho nitro benzene ring substituents is 1. The van der Waals surface area contributed by atoms with Crippen LogP contribution in [0.15, 0.2) is 36.4 Å². The topological polar surface area (TPSA) is 78.7 Å². The van der Waals surface area contributed by atoms with E-state index in [1.165, 1.54) is 31.4 Å². The first-order chi connectivity index (χ1) is 10.1. The predicted octanol–water partition coefficient (Wildman–Crippen LogP) is 3.86. The first kappa shape index (κ1) is 14.8. The lowest BCUT2D eigenvalue weighted by Gasteiger charge is -2.12. The molecule has 0 aromatic heterocycles. The quantitative estimate of drug-likeness (QED) is 0.476. The molecule has 0 radical (unpaired) electrons. The minimum atomic E-state index is -0.551. The molecule has 0 fully saturated rings. The third-order valence-corrected chi connectivity index (χ3v) is 3.04. The van der Waals surface area contributed by atoms with Gasteiger partial charge in [0.05, 0.1) is 28.7 Å². The fourth-order valence-corrected chi connectivity index (χ4v) is 1.91. The lowest BCUT2D eigenvalue weighted by molar-refractivity contribution is -0.384. The first-order valence-electron chi connectivity index (χ1n) is 5.80. The van der Waals surface area contributed by atoms with E-state index in [4.69, 9.17) is 21.1 Å². The molecule has 6 nitrogen and oxygen atoms in total. The third kappa shape index (κ3) is 3.11. The van der Waals surface area contributed by atoms with Gasteiger partial charge in [0.1, 0.15) is 5.75 Å². The minimum absolute atomic E-state index is 0.122. The molecule has 0 saturated heterocycles. The van der Waals surface area contributed by atoms with Gasteiger partial charge in [-0.15, -0.1) is 0 Å². The van der Waals surface area contributed by atoms with Crippen LogP contribution < -0.4 is 9.47 Å². The maximum Gasteiger partial charge on any atom is 0.273 e. The monoisotopic (exact) mass is 307 g/mol. The summed E-state index contributed by atoms with van der Waals surface area (Å²) in [6.45, 7) is 0. The Morgan fingerprint density at radius 2 is 1.95 bits per heavy atom. The number of benzene rings is 2. The number of carbonyl (C=O) groups excluding carboxylic acids is 1. The maximum atomic E-state index is 11.1. The summed E-state index contributed by atoms with van der Waals surface area (Å²) in [4.78, 5) is 21.3. The molecule has 0 aliphatic carbocycles. The summed E-state index contributed by atoms with van der Waals surface area (Å²) in [6, 6.07) is 8.61. The molecule has 0 aliphatic rings. The number of ether oxygens (including phenoxy) is 2. The number of nitro benzene ring substituents is 1. The highest BCUT2D eigenvalue weighted by molar-refractivity contribution is 6.33. The van der Waals surface area contributed by atoms with Crippen molar-refractivity contribution in [3.63, 3.8) is 0 Å². The van der Waals surface area contributed by atoms with Crippen LogP contribution in [0.4, 0.5) is 5.69 Å². The maximum absolute atomic E-state index is 11.1. The highest BCUT2D eigenvalue weighted by Gasteiger charge is 2.15. The molecule has 21 heavy (non-hydrogen) atoms. The first-order valence-corrected chi connectivity index (χ1v) is 6.18. The van der Waals surface area contributed by atoms with Crippen LogP contribution in [0.3, 0.4) is 0 Å². The highest BCUT2D eigenvalue weighted by Crippen LogP contribution is 2.36. The van der Waals surface area contributed by atoms with Gasteiger partial charge < -0.3 is 9.47 Å². The van der Waals surface area contributed by atoms with E-state index in [0.717, 1.165) is 0 Å². The zero-order valence-corrected chi connectivity index (χ0v) is 11.7. The summed E-state index contributed by atoms with van der Waals surface area (Å²) in [5.41, 5.74) is 0.00760. The predicted molar refractivity (Wildman–Crippen MR) is 76.6 cm³/mol. The summed E-state index contributed by atoms with van der Waals surface area (Å²) in [7, 11) is 1.41. The summed E-state index contributed by atoms with van der Waals surface area (Å²) in [5, 5.41) is 11.0. The second-order valence-corrected chi connectivity index (χ2v) is 4.37. The Bertz CT molecular complexity index is 702. The van der Waals surface area contributed by atoms with Crippen molar-refractivity contribution in [1.29, 1.82) is 0 Å². The van der Waals surface area contributed by atoms with E-state index >= 15 is 0 Å². The van der Waals surface area contributed by atoms with Crippen LogP contribution >= 0.6 is 11.6 Å². The number of hydrogen-bond donors (Lipinski definition) is 0. The zero-order valence-electron chi connectivity index (χ0n) is 10.9. The Kier molecular flexibility index (Phi) is 4.39. The van der Waals surface area contributed by atoms with Gasteiger partial charge in [0, 0.05) is 6.07 Å². The van der Waals surface area contributed by atoms with Crippen LogP contribution in [0.2, 0.25) is 5.02 Å². The molecule has 0 amide bonds. The van der Waals surface area contributed by atoms with Gasteiger partial charge in [-0.1, -0.05) is 17.7 Å². The fraction of sp³-hybridized carbons (Fsp3) is 0.0714. The normalized spacial score (nSPS) is 10.0. The molecule has 0 atom stereocenters. The van der Waals surface area contributed by atoms with Gasteiger partial charge in [0.15, 0.2) is 17.8 Å². The molecule has 2 aromatic rings. The average Bonchev–Trinajstić information content (AvgIpc) is 2.47. The minimum Gasteiger partial charge on any atom is -0.493 e. The van der Waals surface area contributed by atoms with E-state index in [1.54, 1.807) is 12.1 Å². The summed E-state index contributed by atoms with van der Waals surface area (Å²) in [6.07, 6.45) is 0.557. The van der Waals surface area contributed by atoms with Crippen molar-refractivity contribution < 1.29 is 19.2 Å². The lowest BCUT2D eigenvalue weighted by atomic mass is 10.2. The number of carbonyl (C=O) groups is 1. The van der Waals surface area contributed by atoms with Crippen molar-refractivity contribution in [1.82, 2.24) is 0 Å². The molecular formula is C14H10ClNO5. The molecule has 0 saturated carbocycles. The Labute approximate surface area is 125 Å². The van der Waals surface area contributed by atoms with Crippen molar-refractivity contribution in [3.05, 3.63) is 57.1 Å². The molecule has 0 N–H and O–H groups in total. The van der Waals surface area contributed by atoms with Crippen molar-refractivity contribution >= 4 is 23.6 Å². The molecule has 2 rings (SSSR count). The van der Waals surface area contributed by atoms with Crippen molar-refractivity contribution in [2.24, 2.45) is 0 Å². The number of rotatable bonds is 5. The summed E-state index contributed by atoms with van der Waals surface area (Å²) < 4.78 is 10.6. The third-order valence-electron chi connectivity index (χ3n) is 2.71. The van der Waals surface area contributed by atoms with Crippen LogP contribution in [0, 0.1) is 10.1 Å². The number of aldehydes is 1. The van der Waals surface area contributed by atoms with Gasteiger partial charge in [-0.05, 0) is 18.2 Å². The Morgan fingerprint density at radius 3 is 2.57 bits per heavy atom. The molecule has 7 heteroatoms. The van der Waals surface area contributed by atoms with Crippen LogP contribution in [-0.4, -0.2) is 18.3 Å². The van der Waals surface area contributed by atoms with Crippen molar-refractivity contribution in [3.8, 4) is 17.2 Å². The van der Waals surface area contributed by atoms with Crippen molar-refractivity contribution in [2.75, 3.05) is 7.11 Å². The number of methoxy groups -OCH3 is 1. The van der Waals surface area contributed by atoms with Crippen LogP contribution in [0.25, 0.3) is 0 Å². The second kappa shape index (κ2) is 6.23. The van der Waals surface area contributed by atoms with Gasteiger partial charge in [0.25, 0.3) is 5.69 Å². The number of hydrogen-bond acceptors (Lipinski definition) is 5. The van der Waals surface area contributed by atoms with E-state index in [1.807, 2.05) is 0 Å². The van der Waals surface area contributed by atoms with Crippen LogP contribution in [0.5, 0.6) is 17.2 Å². The van der Waals surface area contributed by atoms with E-state index in [0.29, 0.717) is 12.0 Å². The van der Waals surface area contributed by atoms with Crippen LogP contribution in [0.1, 0.15) is 10.4 Å². The van der Waals surface area contributed by atoms with Gasteiger partial charge in [0.2, 0.25) is 0 Å². The van der Waals surface area contributed by atoms with Gasteiger partial charge in [-0.3, -0.25) is 14.9 Å². The Balaban J connectivity index is 2.48. The molecule has 0 spiro atoms. The van der Waals surface area contributed by atoms with Crippen LogP contribution in [-0.2, 0) is 0 Å². The number of nitrogens with zero attached hydrogens (tertiary/aromatic N) is 1. The fourth-order valence-electron chi connectivity index (χ4n) is 1.70. The van der Waals surface area contributed by atoms with Gasteiger partial charge >= 0.3 is 0 Å². The van der Waals surface area contributed by atoms with E-state index in [9.17, 15) is 14.9 Å². The van der Waals surface area contributed by atoms with E-state index < -0.39 is 4.92 Å². The smallest absolute Gasteiger partial charge is 0.273 e. The molecule has 0 unspecified atom stereocenters. The van der Waals surface area contributed by atoms with Gasteiger partial charge in [-0.2, -0.15) is 0 Å². The lowest BCUT2D eigenvalue weighted by Crippen LogP contribution is -1.96. The molecule has 0 bridgehead atoms. The number of halogens is 1. The van der Waals surface area contributed by atoms with E-state index in [-0.39, 0.29) is 27.8 Å². The highest BCUT2D eigenvalue weighted by atomic mass is 35.5. The SMILES string of the molecule is COc1ccc([N+](=O)[O-])cc1Oc1cccc(Cl)c1C=O. The molecule has 0 aliphatic heterocycles. The molecular weight excluding hydrogens is 298 g/mol. The molecule has 108 valence electrons. The molecule has 0 heterocycles. The summed E-state index contributed by atoms with van der Waals surface area (Å²) >= 11 is 5.90. The zero-order chi connectivity index (χ0) is 15.4. The van der Waals surface area contributed by atoms with E-state index in [2.05, 4.69) is 0 Å². The van der Waals surface area contributed by atoms with Crippen molar-refractivity contribution in [2.45, 2.75) is 0 Å². The summed E-state index contributed by atoms with van der Waals surface area (Å²) in [5.74, 6) is 0.616. The molecule has 2 aromatic carbocycles. The number of nitro groups is 1. The largest absolute Gasteiger partial charge is 0.493 e. The Hall–Kier alpha value is -2.60. The standard InChI is InChI=1S/C14H10ClNO5/c1-20-13-6-5-9(16(18)19)7-14(13)21-12-4-2-3-11(15)10(12)8-17/h2-8H,1H3. The Morgan fingerprint density at radius 1 is 1.19 bits per heavy atom.